The number of fused-ring (bicyclic) bond motifs is 1. The number of aryl methyl sites for hydroxylation is 2. The van der Waals surface area contributed by atoms with Gasteiger partial charge in [0.25, 0.3) is 11.5 Å². The SMILES string of the molecule is O=C1CC[C@H](NC(=O)c2cc3c([nH]c2=O)CCCC3)[C@@H]([C@@H]2CCCO2)N1. The molecule has 0 aromatic carbocycles. The second-order valence-corrected chi connectivity index (χ2v) is 7.49. The smallest absolute Gasteiger partial charge is 0.261 e. The van der Waals surface area contributed by atoms with Gasteiger partial charge in [-0.3, -0.25) is 14.4 Å². The Labute approximate surface area is 151 Å². The predicted molar refractivity (Wildman–Crippen MR) is 95.1 cm³/mol. The van der Waals surface area contributed by atoms with Crippen molar-refractivity contribution in [1.29, 1.82) is 0 Å². The molecular formula is C19H25N3O4. The van der Waals surface area contributed by atoms with Gasteiger partial charge in [0.1, 0.15) is 5.56 Å². The van der Waals surface area contributed by atoms with Crippen LogP contribution in [0.2, 0.25) is 0 Å². The average molecular weight is 359 g/mol. The van der Waals surface area contributed by atoms with Crippen LogP contribution in [0.25, 0.3) is 0 Å². The molecule has 7 nitrogen and oxygen atoms in total. The van der Waals surface area contributed by atoms with Gasteiger partial charge >= 0.3 is 0 Å². The van der Waals surface area contributed by atoms with Crippen molar-refractivity contribution >= 4 is 11.8 Å². The van der Waals surface area contributed by atoms with E-state index in [0.29, 0.717) is 19.4 Å². The van der Waals surface area contributed by atoms with Crippen LogP contribution < -0.4 is 16.2 Å². The fourth-order valence-corrected chi connectivity index (χ4v) is 4.31. The van der Waals surface area contributed by atoms with Crippen molar-refractivity contribution in [2.75, 3.05) is 6.61 Å². The van der Waals surface area contributed by atoms with Crippen LogP contribution in [0.4, 0.5) is 0 Å². The first-order chi connectivity index (χ1) is 12.6. The van der Waals surface area contributed by atoms with Gasteiger partial charge in [-0.2, -0.15) is 0 Å². The molecule has 3 heterocycles. The third kappa shape index (κ3) is 3.40. The van der Waals surface area contributed by atoms with E-state index in [1.807, 2.05) is 0 Å². The Morgan fingerprint density at radius 2 is 1.96 bits per heavy atom. The maximum atomic E-state index is 12.8. The molecule has 140 valence electrons. The van der Waals surface area contributed by atoms with Gasteiger partial charge < -0.3 is 20.4 Å². The van der Waals surface area contributed by atoms with Crippen molar-refractivity contribution < 1.29 is 14.3 Å². The minimum atomic E-state index is -0.372. The van der Waals surface area contributed by atoms with Crippen molar-refractivity contribution in [2.45, 2.75) is 69.6 Å². The highest BCUT2D eigenvalue weighted by atomic mass is 16.5. The number of ether oxygens (including phenoxy) is 1. The first-order valence-electron chi connectivity index (χ1n) is 9.59. The first-order valence-corrected chi connectivity index (χ1v) is 9.59. The molecule has 2 amide bonds. The third-order valence-corrected chi connectivity index (χ3v) is 5.71. The molecule has 0 saturated carbocycles. The second-order valence-electron chi connectivity index (χ2n) is 7.49. The molecule has 26 heavy (non-hydrogen) atoms. The number of H-pyrrole nitrogens is 1. The van der Waals surface area contributed by atoms with Crippen LogP contribution in [-0.2, 0) is 22.4 Å². The monoisotopic (exact) mass is 359 g/mol. The van der Waals surface area contributed by atoms with Crippen LogP contribution in [0.1, 0.15) is 60.1 Å². The van der Waals surface area contributed by atoms with Crippen molar-refractivity contribution in [1.82, 2.24) is 15.6 Å². The Hall–Kier alpha value is -2.15. The van der Waals surface area contributed by atoms with Crippen molar-refractivity contribution in [3.63, 3.8) is 0 Å². The summed E-state index contributed by atoms with van der Waals surface area (Å²) in [6.07, 6.45) is 6.59. The van der Waals surface area contributed by atoms with Crippen LogP contribution in [0, 0.1) is 0 Å². The first kappa shape index (κ1) is 17.3. The highest BCUT2D eigenvalue weighted by Crippen LogP contribution is 2.23. The molecule has 7 heteroatoms. The minimum Gasteiger partial charge on any atom is -0.376 e. The molecule has 2 saturated heterocycles. The van der Waals surface area contributed by atoms with E-state index in [2.05, 4.69) is 15.6 Å². The molecule has 1 aromatic heterocycles. The van der Waals surface area contributed by atoms with Crippen LogP contribution in [0.15, 0.2) is 10.9 Å². The summed E-state index contributed by atoms with van der Waals surface area (Å²) in [7, 11) is 0. The number of piperidine rings is 1. The summed E-state index contributed by atoms with van der Waals surface area (Å²) >= 11 is 0. The number of nitrogens with one attached hydrogen (secondary N) is 3. The maximum absolute atomic E-state index is 12.8. The molecule has 2 fully saturated rings. The number of carbonyl (C=O) groups excluding carboxylic acids is 2. The highest BCUT2D eigenvalue weighted by Gasteiger charge is 2.38. The molecule has 2 aliphatic heterocycles. The molecule has 0 spiro atoms. The molecule has 0 bridgehead atoms. The fourth-order valence-electron chi connectivity index (χ4n) is 4.31. The third-order valence-electron chi connectivity index (χ3n) is 5.71. The molecule has 4 rings (SSSR count). The highest BCUT2D eigenvalue weighted by molar-refractivity contribution is 5.94. The van der Waals surface area contributed by atoms with Gasteiger partial charge in [-0.05, 0) is 56.6 Å². The quantitative estimate of drug-likeness (QED) is 0.743. The summed E-state index contributed by atoms with van der Waals surface area (Å²) in [5.41, 5.74) is 1.85. The fraction of sp³-hybridized carbons (Fsp3) is 0.632. The van der Waals surface area contributed by atoms with Gasteiger partial charge in [0.05, 0.1) is 18.2 Å². The van der Waals surface area contributed by atoms with E-state index in [1.54, 1.807) is 6.07 Å². The van der Waals surface area contributed by atoms with Gasteiger partial charge in [-0.1, -0.05) is 0 Å². The zero-order valence-electron chi connectivity index (χ0n) is 14.8. The van der Waals surface area contributed by atoms with Crippen LogP contribution >= 0.6 is 0 Å². The standard InChI is InChI=1S/C19H25N3O4/c23-16-8-7-14(17(22-16)15-6-3-9-26-15)21-19(25)12-10-11-4-1-2-5-13(11)20-18(12)24/h10,14-15,17H,1-9H2,(H,20,24)(H,21,25)(H,22,23)/t14-,15-,17-/m0/s1. The van der Waals surface area contributed by atoms with Gasteiger partial charge in [0.15, 0.2) is 0 Å². The summed E-state index contributed by atoms with van der Waals surface area (Å²) in [5, 5.41) is 5.94. The number of rotatable bonds is 3. The second kappa shape index (κ2) is 7.23. The van der Waals surface area contributed by atoms with Crippen molar-refractivity contribution in [2.24, 2.45) is 0 Å². The lowest BCUT2D eigenvalue weighted by atomic mass is 9.91. The number of hydrogen-bond acceptors (Lipinski definition) is 4. The van der Waals surface area contributed by atoms with E-state index in [-0.39, 0.29) is 41.1 Å². The lowest BCUT2D eigenvalue weighted by molar-refractivity contribution is -0.125. The van der Waals surface area contributed by atoms with E-state index in [9.17, 15) is 14.4 Å². The summed E-state index contributed by atoms with van der Waals surface area (Å²) in [6, 6.07) is 1.28. The number of hydrogen-bond donors (Lipinski definition) is 3. The maximum Gasteiger partial charge on any atom is 0.261 e. The Morgan fingerprint density at radius 1 is 1.12 bits per heavy atom. The Morgan fingerprint density at radius 3 is 2.77 bits per heavy atom. The van der Waals surface area contributed by atoms with Crippen LogP contribution in [-0.4, -0.2) is 41.6 Å². The molecular weight excluding hydrogens is 334 g/mol. The normalized spacial score (nSPS) is 28.3. The van der Waals surface area contributed by atoms with Gasteiger partial charge in [-0.15, -0.1) is 0 Å². The molecule has 0 radical (unpaired) electrons. The van der Waals surface area contributed by atoms with Crippen molar-refractivity contribution in [3.8, 4) is 0 Å². The Kier molecular flexibility index (Phi) is 4.80. The zero-order valence-corrected chi connectivity index (χ0v) is 14.8. The van der Waals surface area contributed by atoms with Crippen molar-refractivity contribution in [3.05, 3.63) is 33.2 Å². The van der Waals surface area contributed by atoms with Crippen LogP contribution in [0.3, 0.4) is 0 Å². The summed E-state index contributed by atoms with van der Waals surface area (Å²) in [6.45, 7) is 0.683. The van der Waals surface area contributed by atoms with Gasteiger partial charge in [0, 0.05) is 18.7 Å². The molecule has 1 aliphatic carbocycles. The Balaban J connectivity index is 1.53. The molecule has 3 aliphatic rings. The van der Waals surface area contributed by atoms with E-state index in [0.717, 1.165) is 49.8 Å². The lowest BCUT2D eigenvalue weighted by Crippen LogP contribution is -2.60. The predicted octanol–water partition coefficient (Wildman–Crippen LogP) is 0.810. The zero-order chi connectivity index (χ0) is 18.1. The molecule has 1 aromatic rings. The summed E-state index contributed by atoms with van der Waals surface area (Å²) in [5.74, 6) is -0.383. The summed E-state index contributed by atoms with van der Waals surface area (Å²) in [4.78, 5) is 39.8. The van der Waals surface area contributed by atoms with Gasteiger partial charge in [-0.25, -0.2) is 0 Å². The van der Waals surface area contributed by atoms with E-state index >= 15 is 0 Å². The number of aromatic amines is 1. The van der Waals surface area contributed by atoms with Crippen LogP contribution in [0.5, 0.6) is 0 Å². The van der Waals surface area contributed by atoms with Gasteiger partial charge in [0.2, 0.25) is 5.91 Å². The molecule has 0 unspecified atom stereocenters. The topological polar surface area (TPSA) is 100 Å². The molecule has 3 atom stereocenters. The Bertz CT molecular complexity index is 767. The van der Waals surface area contributed by atoms with E-state index in [1.165, 1.54) is 0 Å². The average Bonchev–Trinajstić information content (AvgIpc) is 3.17. The largest absolute Gasteiger partial charge is 0.376 e. The summed E-state index contributed by atoms with van der Waals surface area (Å²) < 4.78 is 5.72. The number of amides is 2. The number of aromatic nitrogens is 1. The van der Waals surface area contributed by atoms with E-state index < -0.39 is 0 Å². The molecule has 3 N–H and O–H groups in total. The number of pyridine rings is 1. The number of carbonyl (C=O) groups is 2. The van der Waals surface area contributed by atoms with E-state index in [4.69, 9.17) is 4.74 Å². The lowest BCUT2D eigenvalue weighted by Gasteiger charge is -2.36. The minimum absolute atomic E-state index is 0.0115.